The highest BCUT2D eigenvalue weighted by Gasteiger charge is 2.22. The van der Waals surface area contributed by atoms with E-state index in [1.54, 1.807) is 11.3 Å². The topological polar surface area (TPSA) is 45.2 Å². The second-order valence-corrected chi connectivity index (χ2v) is 7.95. The maximum atomic E-state index is 12.3. The summed E-state index contributed by atoms with van der Waals surface area (Å²) in [6.45, 7) is 7.54. The first-order valence-electron chi connectivity index (χ1n) is 9.12. The van der Waals surface area contributed by atoms with E-state index in [9.17, 15) is 4.79 Å². The van der Waals surface area contributed by atoms with Crippen LogP contribution in [0.15, 0.2) is 35.7 Å². The Morgan fingerprint density at radius 1 is 1.36 bits per heavy atom. The molecule has 25 heavy (non-hydrogen) atoms. The fraction of sp³-hybridized carbons (Fsp3) is 0.500. The number of nitrogens with one attached hydrogen (secondary N) is 1. The van der Waals surface area contributed by atoms with Gasteiger partial charge in [0, 0.05) is 30.1 Å². The number of nitrogens with zero attached hydrogens (tertiary/aromatic N) is 2. The van der Waals surface area contributed by atoms with Crippen molar-refractivity contribution in [2.75, 3.05) is 19.6 Å². The first-order chi connectivity index (χ1) is 12.1. The number of carbonyl (C=O) groups is 1. The van der Waals surface area contributed by atoms with E-state index in [1.807, 2.05) is 35.7 Å². The van der Waals surface area contributed by atoms with E-state index in [1.165, 1.54) is 19.4 Å². The Morgan fingerprint density at radius 3 is 2.92 bits per heavy atom. The quantitative estimate of drug-likeness (QED) is 0.859. The molecule has 3 rings (SSSR count). The molecule has 1 aliphatic rings. The largest absolute Gasteiger partial charge is 0.355 e. The van der Waals surface area contributed by atoms with Crippen molar-refractivity contribution in [1.29, 1.82) is 0 Å². The molecule has 4 nitrogen and oxygen atoms in total. The Bertz CT molecular complexity index is 683. The molecule has 1 atom stereocenters. The Morgan fingerprint density at radius 2 is 2.16 bits per heavy atom. The first-order valence-corrected chi connectivity index (χ1v) is 10.0. The van der Waals surface area contributed by atoms with Crippen LogP contribution in [0.1, 0.15) is 32.4 Å². The van der Waals surface area contributed by atoms with Gasteiger partial charge in [0.1, 0.15) is 5.01 Å². The molecule has 2 heterocycles. The maximum absolute atomic E-state index is 12.3. The Hall–Kier alpha value is -1.72. The number of rotatable bonds is 6. The average molecular weight is 358 g/mol. The van der Waals surface area contributed by atoms with E-state index in [0.717, 1.165) is 29.4 Å². The van der Waals surface area contributed by atoms with E-state index < -0.39 is 0 Å². The van der Waals surface area contributed by atoms with Gasteiger partial charge in [0.2, 0.25) is 5.91 Å². The fourth-order valence-corrected chi connectivity index (χ4v) is 4.15. The predicted octanol–water partition coefficient (Wildman–Crippen LogP) is 3.59. The molecular formula is C20H27N3OS. The first kappa shape index (κ1) is 18.1. The summed E-state index contributed by atoms with van der Waals surface area (Å²) in [5.41, 5.74) is 1.96. The van der Waals surface area contributed by atoms with Crippen LogP contribution < -0.4 is 5.32 Å². The lowest BCUT2D eigenvalue weighted by Gasteiger charge is -2.35. The van der Waals surface area contributed by atoms with Crippen LogP contribution in [-0.4, -0.2) is 41.5 Å². The van der Waals surface area contributed by atoms with Crippen LogP contribution in [0.4, 0.5) is 0 Å². The number of hydrogen-bond donors (Lipinski definition) is 1. The number of likely N-dealkylation sites (tertiary alicyclic amines) is 1. The third-order valence-electron chi connectivity index (χ3n) is 4.78. The zero-order valence-corrected chi connectivity index (χ0v) is 15.9. The monoisotopic (exact) mass is 357 g/mol. The minimum Gasteiger partial charge on any atom is -0.355 e. The van der Waals surface area contributed by atoms with Gasteiger partial charge in [0.25, 0.3) is 0 Å². The Labute approximate surface area is 154 Å². The van der Waals surface area contributed by atoms with Crippen LogP contribution in [0, 0.1) is 5.92 Å². The number of thiazole rings is 1. The van der Waals surface area contributed by atoms with Gasteiger partial charge < -0.3 is 10.2 Å². The summed E-state index contributed by atoms with van der Waals surface area (Å²) < 4.78 is 0. The highest BCUT2D eigenvalue weighted by atomic mass is 32.1. The number of hydrogen-bond acceptors (Lipinski definition) is 4. The van der Waals surface area contributed by atoms with E-state index >= 15 is 0 Å². The molecule has 0 radical (unpaired) electrons. The standard InChI is InChI=1S/C20H27N3OS/c1-15(2)23-10-6-7-16(13-23)12-21-19(24)11-18-14-25-20(22-18)17-8-4-3-5-9-17/h3-5,8-9,14-16H,6-7,10-13H2,1-2H3,(H,21,24). The van der Waals surface area contributed by atoms with E-state index in [4.69, 9.17) is 0 Å². The third kappa shape index (κ3) is 5.13. The molecule has 1 saturated heterocycles. The van der Waals surface area contributed by atoms with Gasteiger partial charge in [-0.2, -0.15) is 0 Å². The fourth-order valence-electron chi connectivity index (χ4n) is 3.32. The summed E-state index contributed by atoms with van der Waals surface area (Å²) in [7, 11) is 0. The molecule has 134 valence electrons. The highest BCUT2D eigenvalue weighted by molar-refractivity contribution is 7.13. The molecule has 1 amide bonds. The zero-order chi connectivity index (χ0) is 17.6. The molecule has 1 aromatic carbocycles. The van der Waals surface area contributed by atoms with Crippen LogP contribution in [-0.2, 0) is 11.2 Å². The van der Waals surface area contributed by atoms with Gasteiger partial charge in [-0.05, 0) is 39.2 Å². The SMILES string of the molecule is CC(C)N1CCCC(CNC(=O)Cc2csc(-c3ccccc3)n2)C1. The van der Waals surface area contributed by atoms with E-state index in [-0.39, 0.29) is 5.91 Å². The minimum atomic E-state index is 0.0755. The highest BCUT2D eigenvalue weighted by Crippen LogP contribution is 2.23. The molecule has 1 fully saturated rings. The van der Waals surface area contributed by atoms with Crippen molar-refractivity contribution < 1.29 is 4.79 Å². The summed E-state index contributed by atoms with van der Waals surface area (Å²) in [4.78, 5) is 19.4. The Balaban J connectivity index is 1.47. The van der Waals surface area contributed by atoms with Gasteiger partial charge in [-0.1, -0.05) is 30.3 Å². The average Bonchev–Trinajstić information content (AvgIpc) is 3.09. The molecule has 1 unspecified atom stereocenters. The van der Waals surface area contributed by atoms with Crippen molar-refractivity contribution in [2.45, 2.75) is 39.2 Å². The second-order valence-electron chi connectivity index (χ2n) is 7.09. The van der Waals surface area contributed by atoms with Crippen molar-refractivity contribution in [2.24, 2.45) is 5.92 Å². The van der Waals surface area contributed by atoms with Gasteiger partial charge >= 0.3 is 0 Å². The van der Waals surface area contributed by atoms with Gasteiger partial charge in [0.05, 0.1) is 12.1 Å². The van der Waals surface area contributed by atoms with Crippen LogP contribution in [0.2, 0.25) is 0 Å². The maximum Gasteiger partial charge on any atom is 0.226 e. The lowest BCUT2D eigenvalue weighted by molar-refractivity contribution is -0.120. The molecule has 0 aliphatic carbocycles. The van der Waals surface area contributed by atoms with E-state index in [2.05, 4.69) is 29.0 Å². The number of carbonyl (C=O) groups excluding carboxylic acids is 1. The van der Waals surface area contributed by atoms with Crippen LogP contribution >= 0.6 is 11.3 Å². The summed E-state index contributed by atoms with van der Waals surface area (Å²) in [6.07, 6.45) is 2.80. The number of piperidine rings is 1. The lowest BCUT2D eigenvalue weighted by atomic mass is 9.97. The smallest absolute Gasteiger partial charge is 0.226 e. The summed E-state index contributed by atoms with van der Waals surface area (Å²) in [5.74, 6) is 0.641. The number of amides is 1. The summed E-state index contributed by atoms with van der Waals surface area (Å²) >= 11 is 1.60. The molecule has 0 spiro atoms. The van der Waals surface area contributed by atoms with Crippen LogP contribution in [0.5, 0.6) is 0 Å². The van der Waals surface area contributed by atoms with Crippen molar-refractivity contribution in [1.82, 2.24) is 15.2 Å². The molecule has 1 aliphatic heterocycles. The normalized spacial score (nSPS) is 18.4. The van der Waals surface area contributed by atoms with Crippen LogP contribution in [0.25, 0.3) is 10.6 Å². The molecule has 2 aromatic rings. The van der Waals surface area contributed by atoms with Crippen molar-refractivity contribution >= 4 is 17.2 Å². The van der Waals surface area contributed by atoms with Gasteiger partial charge in [-0.25, -0.2) is 4.98 Å². The molecule has 5 heteroatoms. The second kappa shape index (κ2) is 8.59. The number of benzene rings is 1. The Kier molecular flexibility index (Phi) is 6.21. The van der Waals surface area contributed by atoms with E-state index in [0.29, 0.717) is 18.4 Å². The molecule has 0 saturated carbocycles. The third-order valence-corrected chi connectivity index (χ3v) is 5.72. The lowest BCUT2D eigenvalue weighted by Crippen LogP contribution is -2.44. The molecule has 1 N–H and O–H groups in total. The van der Waals surface area contributed by atoms with Crippen LogP contribution in [0.3, 0.4) is 0 Å². The van der Waals surface area contributed by atoms with Gasteiger partial charge in [-0.3, -0.25) is 4.79 Å². The van der Waals surface area contributed by atoms with Crippen molar-refractivity contribution in [3.63, 3.8) is 0 Å². The zero-order valence-electron chi connectivity index (χ0n) is 15.1. The molecule has 1 aromatic heterocycles. The van der Waals surface area contributed by atoms with Crippen molar-refractivity contribution in [3.8, 4) is 10.6 Å². The minimum absolute atomic E-state index is 0.0755. The van der Waals surface area contributed by atoms with Gasteiger partial charge in [0.15, 0.2) is 0 Å². The molecule has 0 bridgehead atoms. The van der Waals surface area contributed by atoms with Crippen molar-refractivity contribution in [3.05, 3.63) is 41.4 Å². The summed E-state index contributed by atoms with van der Waals surface area (Å²) in [5, 5.41) is 6.07. The summed E-state index contributed by atoms with van der Waals surface area (Å²) in [6, 6.07) is 10.7. The predicted molar refractivity (Wildman–Crippen MR) is 104 cm³/mol. The number of aromatic nitrogens is 1. The van der Waals surface area contributed by atoms with Gasteiger partial charge in [-0.15, -0.1) is 11.3 Å². The molecular weight excluding hydrogens is 330 g/mol.